The minimum atomic E-state index is 0.678. The molecule has 11 aromatic rings. The number of rotatable bonds is 8. The highest BCUT2D eigenvalue weighted by molar-refractivity contribution is 6.09. The van der Waals surface area contributed by atoms with Gasteiger partial charge in [0.1, 0.15) is 0 Å². The zero-order valence-electron chi connectivity index (χ0n) is 33.7. The van der Waals surface area contributed by atoms with Crippen LogP contribution < -0.4 is 0 Å². The van der Waals surface area contributed by atoms with E-state index >= 15 is 0 Å². The molecule has 4 heteroatoms. The van der Waals surface area contributed by atoms with Crippen molar-refractivity contribution in [3.63, 3.8) is 0 Å². The van der Waals surface area contributed by atoms with E-state index < -0.39 is 0 Å². The van der Waals surface area contributed by atoms with Crippen LogP contribution in [0.2, 0.25) is 0 Å². The third-order valence-electron chi connectivity index (χ3n) is 11.5. The van der Waals surface area contributed by atoms with Crippen molar-refractivity contribution in [2.75, 3.05) is 0 Å². The quantitative estimate of drug-likeness (QED) is 0.144. The van der Waals surface area contributed by atoms with Crippen LogP contribution in [0.4, 0.5) is 0 Å². The molecule has 0 bridgehead atoms. The second kappa shape index (κ2) is 16.0. The van der Waals surface area contributed by atoms with Crippen molar-refractivity contribution in [2.45, 2.75) is 0 Å². The van der Waals surface area contributed by atoms with E-state index in [1.54, 1.807) is 0 Å². The molecule has 11 rings (SSSR count). The van der Waals surface area contributed by atoms with Gasteiger partial charge in [0.05, 0.1) is 33.8 Å². The molecule has 4 nitrogen and oxygen atoms in total. The predicted octanol–water partition coefficient (Wildman–Crippen LogP) is 14.9. The van der Waals surface area contributed by atoms with Gasteiger partial charge < -0.3 is 0 Å². The average molecular weight is 791 g/mol. The molecule has 290 valence electrons. The van der Waals surface area contributed by atoms with Gasteiger partial charge in [-0.2, -0.15) is 0 Å². The van der Waals surface area contributed by atoms with Crippen LogP contribution in [0.5, 0.6) is 0 Å². The molecule has 0 unspecified atom stereocenters. The van der Waals surface area contributed by atoms with Crippen LogP contribution in [0.15, 0.2) is 231 Å². The first-order valence-corrected chi connectivity index (χ1v) is 20.9. The summed E-state index contributed by atoms with van der Waals surface area (Å²) in [6, 6.07) is 80.4. The molecule has 3 aromatic heterocycles. The molecule has 0 radical (unpaired) electrons. The van der Waals surface area contributed by atoms with Crippen molar-refractivity contribution in [1.29, 1.82) is 0 Å². The molecule has 0 spiro atoms. The van der Waals surface area contributed by atoms with Crippen molar-refractivity contribution < 1.29 is 0 Å². The third kappa shape index (κ3) is 7.20. The summed E-state index contributed by atoms with van der Waals surface area (Å²) in [6.07, 6.45) is 0. The van der Waals surface area contributed by atoms with Gasteiger partial charge in [0.15, 0.2) is 5.82 Å². The Labute approximate surface area is 360 Å². The van der Waals surface area contributed by atoms with E-state index in [-0.39, 0.29) is 0 Å². The summed E-state index contributed by atoms with van der Waals surface area (Å²) in [7, 11) is 0. The van der Waals surface area contributed by atoms with Gasteiger partial charge >= 0.3 is 0 Å². The van der Waals surface area contributed by atoms with Gasteiger partial charge in [0, 0.05) is 38.6 Å². The summed E-state index contributed by atoms with van der Waals surface area (Å²) >= 11 is 0. The SMILES string of the molecule is c1ccc(-c2ccc(-c3cc(-c4ccccc4)nc(-c4cccc(-c5ccc(-c6cc(-c7ccccc7)c7ccc8ccc(-c9ccccc9)nc8c7n6)cc5)c4)n3)cc2)cc1. The second-order valence-corrected chi connectivity index (χ2v) is 15.4. The highest BCUT2D eigenvalue weighted by atomic mass is 14.9. The maximum absolute atomic E-state index is 5.36. The minimum Gasteiger partial charge on any atom is -0.245 e. The van der Waals surface area contributed by atoms with Crippen molar-refractivity contribution in [3.8, 4) is 89.8 Å². The Kier molecular flexibility index (Phi) is 9.49. The van der Waals surface area contributed by atoms with Gasteiger partial charge in [0.2, 0.25) is 0 Å². The Morgan fingerprint density at radius 1 is 0.226 bits per heavy atom. The predicted molar refractivity (Wildman–Crippen MR) is 256 cm³/mol. The Bertz CT molecular complexity index is 3350. The van der Waals surface area contributed by atoms with Gasteiger partial charge in [-0.15, -0.1) is 0 Å². The molecule has 0 aliphatic carbocycles. The lowest BCUT2D eigenvalue weighted by Crippen LogP contribution is -1.96. The maximum atomic E-state index is 5.36. The summed E-state index contributed by atoms with van der Waals surface area (Å²) in [6.45, 7) is 0. The first-order chi connectivity index (χ1) is 30.7. The van der Waals surface area contributed by atoms with Crippen molar-refractivity contribution in [3.05, 3.63) is 231 Å². The number of aromatic nitrogens is 4. The fourth-order valence-corrected chi connectivity index (χ4v) is 8.26. The van der Waals surface area contributed by atoms with Crippen LogP contribution >= 0.6 is 0 Å². The lowest BCUT2D eigenvalue weighted by atomic mass is 9.96. The molecule has 0 amide bonds. The number of fused-ring (bicyclic) bond motifs is 3. The van der Waals surface area contributed by atoms with E-state index in [1.807, 2.05) is 42.5 Å². The Morgan fingerprint density at radius 3 is 1.26 bits per heavy atom. The Balaban J connectivity index is 0.970. The summed E-state index contributed by atoms with van der Waals surface area (Å²) in [4.78, 5) is 20.9. The third-order valence-corrected chi connectivity index (χ3v) is 11.5. The van der Waals surface area contributed by atoms with Crippen LogP contribution in [0, 0.1) is 0 Å². The number of pyridine rings is 2. The fourth-order valence-electron chi connectivity index (χ4n) is 8.26. The number of benzene rings is 8. The van der Waals surface area contributed by atoms with E-state index in [0.29, 0.717) is 5.82 Å². The molecular weight excluding hydrogens is 753 g/mol. The van der Waals surface area contributed by atoms with Gasteiger partial charge in [-0.1, -0.05) is 206 Å². The van der Waals surface area contributed by atoms with Crippen LogP contribution in [-0.2, 0) is 0 Å². The summed E-state index contributed by atoms with van der Waals surface area (Å²) in [5.74, 6) is 0.678. The summed E-state index contributed by atoms with van der Waals surface area (Å²) < 4.78 is 0. The molecule has 0 saturated heterocycles. The van der Waals surface area contributed by atoms with Gasteiger partial charge in [0.25, 0.3) is 0 Å². The van der Waals surface area contributed by atoms with Crippen LogP contribution in [0.25, 0.3) is 112 Å². The lowest BCUT2D eigenvalue weighted by Gasteiger charge is -2.13. The van der Waals surface area contributed by atoms with Crippen LogP contribution in [0.3, 0.4) is 0 Å². The smallest absolute Gasteiger partial charge is 0.160 e. The fraction of sp³-hybridized carbons (Fsp3) is 0. The normalized spacial score (nSPS) is 11.2. The van der Waals surface area contributed by atoms with E-state index in [4.69, 9.17) is 19.9 Å². The van der Waals surface area contributed by atoms with Crippen LogP contribution in [-0.4, -0.2) is 19.9 Å². The van der Waals surface area contributed by atoms with E-state index in [9.17, 15) is 0 Å². The molecule has 0 fully saturated rings. The summed E-state index contributed by atoms with van der Waals surface area (Å²) in [5.41, 5.74) is 17.3. The van der Waals surface area contributed by atoms with Gasteiger partial charge in [-0.25, -0.2) is 19.9 Å². The first kappa shape index (κ1) is 36.7. The molecule has 3 heterocycles. The molecule has 8 aromatic carbocycles. The highest BCUT2D eigenvalue weighted by Crippen LogP contribution is 2.37. The summed E-state index contributed by atoms with van der Waals surface area (Å²) in [5, 5.41) is 2.13. The molecule has 0 saturated carbocycles. The minimum absolute atomic E-state index is 0.678. The Morgan fingerprint density at radius 2 is 0.645 bits per heavy atom. The standard InChI is InChI=1S/C58H38N4/c1-5-14-39(15-6-1)40-24-28-46(29-25-40)55-38-54(44-20-11-4-12-21-44)61-58(62-55)49-23-13-22-48(36-49)41-26-30-45(31-27-41)53-37-51(42-16-7-2-8-17-42)50-34-32-47-33-35-52(43-18-9-3-10-19-43)59-56(47)57(50)60-53/h1-38H. The zero-order chi connectivity index (χ0) is 41.2. The molecule has 0 atom stereocenters. The Hall–Kier alpha value is -8.34. The molecule has 0 N–H and O–H groups in total. The zero-order valence-corrected chi connectivity index (χ0v) is 33.7. The first-order valence-electron chi connectivity index (χ1n) is 20.9. The van der Waals surface area contributed by atoms with Crippen molar-refractivity contribution in [1.82, 2.24) is 19.9 Å². The topological polar surface area (TPSA) is 51.6 Å². The van der Waals surface area contributed by atoms with Crippen LogP contribution in [0.1, 0.15) is 0 Å². The van der Waals surface area contributed by atoms with Crippen molar-refractivity contribution in [2.24, 2.45) is 0 Å². The molecule has 0 aliphatic heterocycles. The van der Waals surface area contributed by atoms with E-state index in [2.05, 4.69) is 188 Å². The largest absolute Gasteiger partial charge is 0.245 e. The molecule has 0 aliphatic rings. The second-order valence-electron chi connectivity index (χ2n) is 15.4. The van der Waals surface area contributed by atoms with Crippen molar-refractivity contribution >= 4 is 21.8 Å². The average Bonchev–Trinajstić information content (AvgIpc) is 3.37. The molecular formula is C58H38N4. The van der Waals surface area contributed by atoms with Gasteiger partial charge in [-0.3, -0.25) is 0 Å². The monoisotopic (exact) mass is 790 g/mol. The van der Waals surface area contributed by atoms with E-state index in [0.717, 1.165) is 94.7 Å². The molecule has 62 heavy (non-hydrogen) atoms. The number of hydrogen-bond donors (Lipinski definition) is 0. The maximum Gasteiger partial charge on any atom is 0.160 e. The lowest BCUT2D eigenvalue weighted by molar-refractivity contribution is 1.18. The number of hydrogen-bond acceptors (Lipinski definition) is 4. The van der Waals surface area contributed by atoms with Gasteiger partial charge in [-0.05, 0) is 57.6 Å². The number of nitrogens with zero attached hydrogens (tertiary/aromatic N) is 4. The van der Waals surface area contributed by atoms with E-state index in [1.165, 1.54) is 11.1 Å². The highest BCUT2D eigenvalue weighted by Gasteiger charge is 2.16.